The maximum atomic E-state index is 13.5. The highest BCUT2D eigenvalue weighted by atomic mass is 19.1. The second-order valence-electron chi connectivity index (χ2n) is 7.38. The van der Waals surface area contributed by atoms with Gasteiger partial charge in [0.15, 0.2) is 0 Å². The van der Waals surface area contributed by atoms with Gasteiger partial charge in [-0.2, -0.15) is 0 Å². The number of hydrogen-bond acceptors (Lipinski definition) is 4. The summed E-state index contributed by atoms with van der Waals surface area (Å²) < 4.78 is 26.4. The maximum Gasteiger partial charge on any atom is 0.123 e. The van der Waals surface area contributed by atoms with Crippen LogP contribution in [-0.4, -0.2) is 47.5 Å². The Morgan fingerprint density at radius 1 is 1.13 bits per heavy atom. The van der Waals surface area contributed by atoms with E-state index in [9.17, 15) is 9.50 Å². The van der Waals surface area contributed by atoms with E-state index < -0.39 is 6.10 Å². The number of nitrogens with zero attached hydrogens (tertiary/aromatic N) is 2. The number of ether oxygens (including phenoxy) is 2. The van der Waals surface area contributed by atoms with Gasteiger partial charge in [0.1, 0.15) is 30.0 Å². The molecule has 6 heteroatoms. The summed E-state index contributed by atoms with van der Waals surface area (Å²) in [5.74, 6) is 1.20. The summed E-state index contributed by atoms with van der Waals surface area (Å²) in [5, 5.41) is 10.5. The Morgan fingerprint density at radius 2 is 1.90 bits per heavy atom. The summed E-state index contributed by atoms with van der Waals surface area (Å²) in [6.07, 6.45) is 3.14. The summed E-state index contributed by atoms with van der Waals surface area (Å²) in [4.78, 5) is 2.10. The summed E-state index contributed by atoms with van der Waals surface area (Å²) in [5.41, 5.74) is 1.98. The molecule has 1 aromatic heterocycles. The predicted octanol–water partition coefficient (Wildman–Crippen LogP) is 4.11. The second-order valence-corrected chi connectivity index (χ2v) is 7.38. The Labute approximate surface area is 183 Å². The number of methoxy groups -OCH3 is 1. The summed E-state index contributed by atoms with van der Waals surface area (Å²) in [6.45, 7) is 6.31. The fraction of sp³-hybridized carbons (Fsp3) is 0.280. The van der Waals surface area contributed by atoms with E-state index in [1.807, 2.05) is 54.7 Å². The average molecular weight is 425 g/mol. The van der Waals surface area contributed by atoms with Crippen molar-refractivity contribution in [1.29, 1.82) is 0 Å². The average Bonchev–Trinajstić information content (AvgIpc) is 3.19. The first-order valence-corrected chi connectivity index (χ1v) is 10.2. The Hall–Kier alpha value is -3.09. The van der Waals surface area contributed by atoms with E-state index in [-0.39, 0.29) is 12.4 Å². The van der Waals surface area contributed by atoms with Gasteiger partial charge in [-0.1, -0.05) is 18.2 Å². The lowest BCUT2D eigenvalue weighted by molar-refractivity contribution is 0.0689. The number of halogens is 1. The van der Waals surface area contributed by atoms with Crippen LogP contribution in [0.25, 0.3) is 0 Å². The molecule has 2 aromatic carbocycles. The molecule has 1 heterocycles. The quantitative estimate of drug-likeness (QED) is 0.445. The fourth-order valence-electron chi connectivity index (χ4n) is 3.41. The molecule has 0 bridgehead atoms. The SMILES string of the molecule is C=CCN(Cc1cccn1Cc1cccc(F)c1)C[C@H](O)COc1ccc(OC)cc1. The lowest BCUT2D eigenvalue weighted by atomic mass is 10.2. The molecule has 0 aliphatic heterocycles. The van der Waals surface area contributed by atoms with Crippen LogP contribution in [0.1, 0.15) is 11.3 Å². The molecule has 0 saturated heterocycles. The van der Waals surface area contributed by atoms with Gasteiger partial charge in [-0.05, 0) is 54.1 Å². The van der Waals surface area contributed by atoms with Gasteiger partial charge in [0.05, 0.1) is 7.11 Å². The summed E-state index contributed by atoms with van der Waals surface area (Å²) >= 11 is 0. The molecule has 3 aromatic rings. The Balaban J connectivity index is 1.56. The highest BCUT2D eigenvalue weighted by Crippen LogP contribution is 2.17. The van der Waals surface area contributed by atoms with Crippen LogP contribution in [0.5, 0.6) is 11.5 Å². The van der Waals surface area contributed by atoms with Gasteiger partial charge in [-0.25, -0.2) is 4.39 Å². The van der Waals surface area contributed by atoms with Crippen molar-refractivity contribution in [3.05, 3.63) is 96.6 Å². The molecule has 0 amide bonds. The standard InChI is InChI=1S/C25H29FN2O3/c1-3-13-27(18-23(29)19-31-25-11-9-24(30-2)10-12-25)17-22-8-5-14-28(22)16-20-6-4-7-21(26)15-20/h3-12,14-15,23,29H,1,13,16-19H2,2H3/t23-/m0/s1. The van der Waals surface area contributed by atoms with Gasteiger partial charge in [0.2, 0.25) is 0 Å². The number of benzene rings is 2. The first-order valence-electron chi connectivity index (χ1n) is 10.2. The van der Waals surface area contributed by atoms with Crippen molar-refractivity contribution in [3.8, 4) is 11.5 Å². The van der Waals surface area contributed by atoms with E-state index in [1.54, 1.807) is 19.2 Å². The maximum absolute atomic E-state index is 13.5. The molecule has 0 aliphatic rings. The highest BCUT2D eigenvalue weighted by Gasteiger charge is 2.14. The van der Waals surface area contributed by atoms with Crippen molar-refractivity contribution < 1.29 is 19.0 Å². The normalized spacial score (nSPS) is 12.0. The largest absolute Gasteiger partial charge is 0.497 e. The van der Waals surface area contributed by atoms with Gasteiger partial charge in [-0.15, -0.1) is 6.58 Å². The first kappa shape index (κ1) is 22.6. The van der Waals surface area contributed by atoms with E-state index in [1.165, 1.54) is 6.07 Å². The van der Waals surface area contributed by atoms with Crippen LogP contribution in [0.3, 0.4) is 0 Å². The van der Waals surface area contributed by atoms with E-state index in [4.69, 9.17) is 9.47 Å². The smallest absolute Gasteiger partial charge is 0.123 e. The Bertz CT molecular complexity index is 955. The first-order chi connectivity index (χ1) is 15.1. The number of rotatable bonds is 12. The second kappa shape index (κ2) is 11.3. The molecule has 0 radical (unpaired) electrons. The summed E-state index contributed by atoms with van der Waals surface area (Å²) in [7, 11) is 1.61. The third-order valence-electron chi connectivity index (χ3n) is 4.91. The van der Waals surface area contributed by atoms with Gasteiger partial charge < -0.3 is 19.1 Å². The predicted molar refractivity (Wildman–Crippen MR) is 120 cm³/mol. The number of aromatic nitrogens is 1. The van der Waals surface area contributed by atoms with Gasteiger partial charge in [0.25, 0.3) is 0 Å². The molecule has 0 spiro atoms. The molecule has 0 saturated carbocycles. The van der Waals surface area contributed by atoms with Crippen LogP contribution >= 0.6 is 0 Å². The van der Waals surface area contributed by atoms with Gasteiger partial charge in [-0.3, -0.25) is 4.90 Å². The minimum atomic E-state index is -0.659. The molecule has 3 rings (SSSR count). The number of aliphatic hydroxyl groups is 1. The van der Waals surface area contributed by atoms with E-state index in [0.717, 1.165) is 17.0 Å². The lowest BCUT2D eigenvalue weighted by Gasteiger charge is -2.24. The highest BCUT2D eigenvalue weighted by molar-refractivity contribution is 5.31. The molecular formula is C25H29FN2O3. The Morgan fingerprint density at radius 3 is 2.61 bits per heavy atom. The van der Waals surface area contributed by atoms with E-state index in [2.05, 4.69) is 16.0 Å². The van der Waals surface area contributed by atoms with Crippen LogP contribution in [0.2, 0.25) is 0 Å². The Kier molecular flexibility index (Phi) is 8.27. The molecule has 5 nitrogen and oxygen atoms in total. The zero-order valence-electron chi connectivity index (χ0n) is 17.8. The third-order valence-corrected chi connectivity index (χ3v) is 4.91. The zero-order valence-corrected chi connectivity index (χ0v) is 17.8. The minimum absolute atomic E-state index is 0.185. The van der Waals surface area contributed by atoms with Crippen LogP contribution in [-0.2, 0) is 13.1 Å². The number of hydrogen-bond donors (Lipinski definition) is 1. The van der Waals surface area contributed by atoms with Gasteiger partial charge >= 0.3 is 0 Å². The monoisotopic (exact) mass is 424 g/mol. The lowest BCUT2D eigenvalue weighted by Crippen LogP contribution is -2.36. The van der Waals surface area contributed by atoms with Crippen molar-refractivity contribution in [2.75, 3.05) is 26.8 Å². The van der Waals surface area contributed by atoms with Crippen molar-refractivity contribution >= 4 is 0 Å². The fourth-order valence-corrected chi connectivity index (χ4v) is 3.41. The van der Waals surface area contributed by atoms with E-state index in [0.29, 0.717) is 31.9 Å². The molecular weight excluding hydrogens is 395 g/mol. The molecule has 0 unspecified atom stereocenters. The van der Waals surface area contributed by atoms with Crippen LogP contribution in [0.15, 0.2) is 79.5 Å². The van der Waals surface area contributed by atoms with Crippen LogP contribution in [0, 0.1) is 5.82 Å². The molecule has 1 atom stereocenters. The molecule has 0 fully saturated rings. The summed E-state index contributed by atoms with van der Waals surface area (Å²) in [6, 6.07) is 17.9. The third kappa shape index (κ3) is 6.98. The van der Waals surface area contributed by atoms with Gasteiger partial charge in [0, 0.05) is 38.1 Å². The minimum Gasteiger partial charge on any atom is -0.497 e. The van der Waals surface area contributed by atoms with Crippen molar-refractivity contribution in [2.45, 2.75) is 19.2 Å². The van der Waals surface area contributed by atoms with Crippen LogP contribution < -0.4 is 9.47 Å². The molecule has 164 valence electrons. The van der Waals surface area contributed by atoms with Crippen molar-refractivity contribution in [2.24, 2.45) is 0 Å². The van der Waals surface area contributed by atoms with Crippen molar-refractivity contribution in [3.63, 3.8) is 0 Å². The molecule has 0 aliphatic carbocycles. The molecule has 1 N–H and O–H groups in total. The van der Waals surface area contributed by atoms with E-state index >= 15 is 0 Å². The van der Waals surface area contributed by atoms with Crippen molar-refractivity contribution in [1.82, 2.24) is 9.47 Å². The zero-order chi connectivity index (χ0) is 22.1. The van der Waals surface area contributed by atoms with Crippen LogP contribution in [0.4, 0.5) is 4.39 Å². The molecule has 31 heavy (non-hydrogen) atoms. The topological polar surface area (TPSA) is 46.9 Å². The number of aliphatic hydroxyl groups excluding tert-OH is 1.